The van der Waals surface area contributed by atoms with E-state index in [4.69, 9.17) is 18.9 Å². The van der Waals surface area contributed by atoms with E-state index in [0.717, 1.165) is 129 Å². The lowest BCUT2D eigenvalue weighted by Gasteiger charge is -2.33. The normalized spacial score (nSPS) is 13.1. The molecule has 4 aliphatic rings. The van der Waals surface area contributed by atoms with E-state index < -0.39 is 0 Å². The van der Waals surface area contributed by atoms with Crippen molar-refractivity contribution in [2.45, 2.75) is 0 Å². The van der Waals surface area contributed by atoms with E-state index in [1.54, 1.807) is 0 Å². The van der Waals surface area contributed by atoms with Crippen molar-refractivity contribution in [2.75, 3.05) is 0 Å². The molecule has 0 radical (unpaired) electrons. The van der Waals surface area contributed by atoms with E-state index in [-0.39, 0.29) is 13.4 Å². The van der Waals surface area contributed by atoms with Crippen LogP contribution in [0.15, 0.2) is 249 Å². The Kier molecular flexibility index (Phi) is 9.23. The van der Waals surface area contributed by atoms with E-state index in [1.807, 2.05) is 24.3 Å². The third kappa shape index (κ3) is 6.41. The van der Waals surface area contributed by atoms with E-state index in [9.17, 15) is 0 Å². The van der Waals surface area contributed by atoms with Gasteiger partial charge in [-0.25, -0.2) is 0 Å². The zero-order valence-corrected chi connectivity index (χ0v) is 43.9. The molecule has 0 spiro atoms. The van der Waals surface area contributed by atoms with Crippen LogP contribution in [0.25, 0.3) is 93.8 Å². The topological polar surface area (TPSA) is 46.8 Å². The van der Waals surface area contributed by atoms with Gasteiger partial charge in [0.1, 0.15) is 46.0 Å². The zero-order valence-electron chi connectivity index (χ0n) is 43.9. The molecule has 18 rings (SSSR count). The quantitative estimate of drug-likeness (QED) is 0.161. The summed E-state index contributed by atoms with van der Waals surface area (Å²) < 4.78 is 31.7. The molecule has 12 aromatic carbocycles. The molecule has 0 N–H and O–H groups in total. The smallest absolute Gasteiger partial charge is 0.260 e. The second-order valence-corrected chi connectivity index (χ2v) is 21.8. The molecule has 81 heavy (non-hydrogen) atoms. The van der Waals surface area contributed by atoms with Crippen molar-refractivity contribution in [3.63, 3.8) is 0 Å². The molecule has 0 amide bonds. The lowest BCUT2D eigenvalue weighted by molar-refractivity contribution is 0.464. The van der Waals surface area contributed by atoms with Gasteiger partial charge in [-0.1, -0.05) is 176 Å². The minimum absolute atomic E-state index is 0.0253. The van der Waals surface area contributed by atoms with Gasteiger partial charge in [-0.2, -0.15) is 0 Å². The summed E-state index contributed by atoms with van der Waals surface area (Å²) in [7, 11) is 2.24. The number of aromatic nitrogens is 2. The van der Waals surface area contributed by atoms with Crippen LogP contribution in [0.2, 0.25) is 0 Å². The standard InChI is InChI=1S/C73H44B2N2O4/c1-76-71-50(45-34-30-43(31-35-45)47-38-64-69-65(39-47)79-61-27-12-7-22-56(61)74(69)55-21-6-11-26-60(55)78-64)19-15-20-52(71)68-72(76)53(42-54-51-18-5-10-25-59(51)77(73(54)68)49-16-3-2-4-17-49)46-36-32-44(33-37-46)48-40-66-70-67(41-48)81-63-29-14-9-24-58(63)75(70)57-23-8-13-28-62(57)80-66/h2-42H,1H3. The average molecular weight is 1030 g/mol. The number of aryl methyl sites for hydroxylation is 1. The molecule has 4 aliphatic heterocycles. The molecular formula is C73H44B2N2O4. The van der Waals surface area contributed by atoms with Gasteiger partial charge in [0.05, 0.1) is 22.1 Å². The largest absolute Gasteiger partial charge is 0.458 e. The van der Waals surface area contributed by atoms with Crippen molar-refractivity contribution in [2.24, 2.45) is 7.05 Å². The number of fused-ring (bicyclic) bond motifs is 15. The molecule has 0 atom stereocenters. The highest BCUT2D eigenvalue weighted by atomic mass is 16.5. The van der Waals surface area contributed by atoms with E-state index in [0.29, 0.717) is 0 Å². The zero-order chi connectivity index (χ0) is 53.0. The Hall–Kier alpha value is -10.4. The van der Waals surface area contributed by atoms with Gasteiger partial charge in [-0.15, -0.1) is 0 Å². The van der Waals surface area contributed by atoms with Crippen LogP contribution in [0.3, 0.4) is 0 Å². The second kappa shape index (κ2) is 16.8. The minimum atomic E-state index is 0.0253. The molecule has 376 valence electrons. The number of rotatable bonds is 5. The number of hydrogen-bond acceptors (Lipinski definition) is 4. The van der Waals surface area contributed by atoms with E-state index in [1.165, 1.54) is 43.6 Å². The molecule has 14 aromatic rings. The third-order valence-corrected chi connectivity index (χ3v) is 17.6. The van der Waals surface area contributed by atoms with Crippen LogP contribution in [0.1, 0.15) is 0 Å². The summed E-state index contributed by atoms with van der Waals surface area (Å²) in [4.78, 5) is 0. The first-order chi connectivity index (χ1) is 40.1. The maximum atomic E-state index is 6.72. The molecule has 0 fully saturated rings. The van der Waals surface area contributed by atoms with Crippen molar-refractivity contribution in [3.05, 3.63) is 249 Å². The van der Waals surface area contributed by atoms with Crippen molar-refractivity contribution >= 4 is 89.8 Å². The number of ether oxygens (including phenoxy) is 4. The number of benzene rings is 12. The highest BCUT2D eigenvalue weighted by Gasteiger charge is 2.42. The van der Waals surface area contributed by atoms with Crippen LogP contribution >= 0.6 is 0 Å². The first-order valence-electron chi connectivity index (χ1n) is 27.8. The molecule has 2 aromatic heterocycles. The molecule has 8 heteroatoms. The van der Waals surface area contributed by atoms with Gasteiger partial charge in [0, 0.05) is 56.3 Å². The van der Waals surface area contributed by atoms with Crippen molar-refractivity contribution in [1.29, 1.82) is 0 Å². The van der Waals surface area contributed by atoms with Crippen LogP contribution < -0.4 is 51.7 Å². The fraction of sp³-hybridized carbons (Fsp3) is 0.0137. The minimum Gasteiger partial charge on any atom is -0.458 e. The molecule has 0 unspecified atom stereocenters. The highest BCUT2D eigenvalue weighted by molar-refractivity contribution is 6.99. The third-order valence-electron chi connectivity index (χ3n) is 17.6. The van der Waals surface area contributed by atoms with Gasteiger partial charge in [0.15, 0.2) is 0 Å². The highest BCUT2D eigenvalue weighted by Crippen LogP contribution is 2.48. The van der Waals surface area contributed by atoms with E-state index in [2.05, 4.69) is 241 Å². The molecule has 0 saturated heterocycles. The molecule has 0 bridgehead atoms. The number of para-hydroxylation sites is 7. The van der Waals surface area contributed by atoms with Crippen LogP contribution in [-0.2, 0) is 7.05 Å². The van der Waals surface area contributed by atoms with Crippen molar-refractivity contribution < 1.29 is 18.9 Å². The monoisotopic (exact) mass is 1030 g/mol. The molecule has 0 aliphatic carbocycles. The Morgan fingerprint density at radius 3 is 1.22 bits per heavy atom. The second-order valence-electron chi connectivity index (χ2n) is 21.8. The van der Waals surface area contributed by atoms with Gasteiger partial charge in [-0.3, -0.25) is 0 Å². The SMILES string of the molecule is Cn1c2c(-c3ccc(-c4cc5c6c(c4)Oc4ccccc4B6c4ccccc4O5)cc3)cccc2c2c1c(-c1ccc(-c3cc4c5c(c3)Oc3ccccc3B5c3ccccc3O4)cc1)cc1c3ccccc3n(-c3ccccc3)c12. The summed E-state index contributed by atoms with van der Waals surface area (Å²) in [5.74, 6) is 6.85. The summed E-state index contributed by atoms with van der Waals surface area (Å²) >= 11 is 0. The summed E-state index contributed by atoms with van der Waals surface area (Å²) in [6.07, 6.45) is 0. The summed E-state index contributed by atoms with van der Waals surface area (Å²) in [6, 6.07) is 89.2. The maximum Gasteiger partial charge on any atom is 0.260 e. The summed E-state index contributed by atoms with van der Waals surface area (Å²) in [6.45, 7) is 0.0557. The fourth-order valence-electron chi connectivity index (χ4n) is 14.0. The Balaban J connectivity index is 0.790. The average Bonchev–Trinajstić information content (AvgIpc) is 3.81. The van der Waals surface area contributed by atoms with E-state index >= 15 is 0 Å². The fourth-order valence-corrected chi connectivity index (χ4v) is 14.0. The lowest BCUT2D eigenvalue weighted by Crippen LogP contribution is -2.57. The van der Waals surface area contributed by atoms with Crippen LogP contribution in [0.4, 0.5) is 0 Å². The van der Waals surface area contributed by atoms with Gasteiger partial charge >= 0.3 is 0 Å². The Labute approximate surface area is 467 Å². The molecular weight excluding hydrogens is 990 g/mol. The molecule has 6 nitrogen and oxygen atoms in total. The predicted octanol–water partition coefficient (Wildman–Crippen LogP) is 14.6. The Morgan fingerprint density at radius 1 is 0.296 bits per heavy atom. The van der Waals surface area contributed by atoms with Crippen molar-refractivity contribution in [3.8, 4) is 96.2 Å². The molecule has 0 saturated carbocycles. The van der Waals surface area contributed by atoms with Gasteiger partial charge in [0.2, 0.25) is 0 Å². The molecule has 6 heterocycles. The van der Waals surface area contributed by atoms with Crippen LogP contribution in [0, 0.1) is 0 Å². The van der Waals surface area contributed by atoms with Gasteiger partial charge < -0.3 is 28.1 Å². The maximum absolute atomic E-state index is 6.72. The van der Waals surface area contributed by atoms with Crippen molar-refractivity contribution in [1.82, 2.24) is 9.13 Å². The number of hydrogen-bond donors (Lipinski definition) is 0. The first-order valence-corrected chi connectivity index (χ1v) is 27.8. The van der Waals surface area contributed by atoms with Crippen LogP contribution in [-0.4, -0.2) is 22.6 Å². The lowest BCUT2D eigenvalue weighted by atomic mass is 9.35. The Morgan fingerprint density at radius 2 is 0.716 bits per heavy atom. The predicted molar refractivity (Wildman–Crippen MR) is 332 cm³/mol. The first kappa shape index (κ1) is 44.5. The summed E-state index contributed by atoms with van der Waals surface area (Å²) in [5.41, 5.74) is 21.4. The van der Waals surface area contributed by atoms with Crippen LogP contribution in [0.5, 0.6) is 46.0 Å². The number of nitrogens with zero attached hydrogens (tertiary/aromatic N) is 2. The Bertz CT molecular complexity index is 4880. The van der Waals surface area contributed by atoms with Gasteiger partial charge in [-0.05, 0) is 128 Å². The summed E-state index contributed by atoms with van der Waals surface area (Å²) in [5, 5.41) is 4.82. The van der Waals surface area contributed by atoms with Gasteiger partial charge in [0.25, 0.3) is 13.4 Å².